The number of hydrogen-bond acceptors (Lipinski definition) is 13. The molecule has 0 amide bonds. The predicted octanol–water partition coefficient (Wildman–Crippen LogP) is 26.0. The van der Waals surface area contributed by atoms with E-state index in [4.69, 9.17) is 28.2 Å². The number of aromatic nitrogens is 17. The highest BCUT2D eigenvalue weighted by Gasteiger charge is 2.35. The molecule has 688 valence electrons. The van der Waals surface area contributed by atoms with Gasteiger partial charge in [0.15, 0.2) is 27.8 Å². The van der Waals surface area contributed by atoms with Crippen molar-refractivity contribution in [1.82, 2.24) is 56.9 Å². The molecule has 25 rings (SSSR count). The van der Waals surface area contributed by atoms with Crippen LogP contribution in [0.3, 0.4) is 0 Å². The fraction of sp³-hybridized carbons (Fsp3) is 0.204. The van der Waals surface area contributed by atoms with Crippen LogP contribution in [0.15, 0.2) is 251 Å². The normalized spacial score (nSPS) is 11.7. The largest absolute Gasteiger partial charge is 0.439 e. The van der Waals surface area contributed by atoms with E-state index in [0.717, 1.165) is 105 Å². The number of thiazole rings is 1. The third-order valence-electron chi connectivity index (χ3n) is 27.0. The van der Waals surface area contributed by atoms with E-state index in [0.29, 0.717) is 5.89 Å². The lowest BCUT2D eigenvalue weighted by Crippen LogP contribution is -2.29. The van der Waals surface area contributed by atoms with Crippen LogP contribution >= 0.6 is 56.7 Å². The Morgan fingerprint density at radius 3 is 1.12 bits per heavy atom. The smallest absolute Gasteiger partial charge is 0.297 e. The van der Waals surface area contributed by atoms with Crippen LogP contribution in [-0.4, -0.2) is 56.9 Å². The Kier molecular flexibility index (Phi) is 22.9. The number of rotatable bonds is 10. The summed E-state index contributed by atoms with van der Waals surface area (Å²) in [6.45, 7) is 33.8. The van der Waals surface area contributed by atoms with Gasteiger partial charge in [-0.15, -0.1) is 45.3 Å². The van der Waals surface area contributed by atoms with Gasteiger partial charge in [0.05, 0.1) is 81.3 Å². The lowest BCUT2D eigenvalue weighted by Gasteiger charge is -2.11. The Morgan fingerprint density at radius 2 is 0.645 bits per heavy atom. The Labute approximate surface area is 819 Å². The van der Waals surface area contributed by atoms with Gasteiger partial charge in [0.1, 0.15) is 139 Å². The molecule has 0 aliphatic rings. The summed E-state index contributed by atoms with van der Waals surface area (Å²) in [6.07, 6.45) is 21.3. The molecule has 15 aromatic heterocycles. The minimum absolute atomic E-state index is 0.717. The average Bonchev–Trinajstić information content (AvgIpc) is 1.61. The highest BCUT2D eigenvalue weighted by atomic mass is 32.2. The average molecular weight is 1910 g/mol. The number of oxazole rings is 2. The molecule has 138 heavy (non-hydrogen) atoms. The summed E-state index contributed by atoms with van der Waals surface area (Å²) in [5, 5.41) is 6.98. The van der Waals surface area contributed by atoms with Crippen molar-refractivity contribution < 1.29 is 36.1 Å². The van der Waals surface area contributed by atoms with Crippen molar-refractivity contribution in [3.63, 3.8) is 0 Å². The highest BCUT2D eigenvalue weighted by Crippen LogP contribution is 2.48. The molecule has 0 N–H and O–H groups in total. The van der Waals surface area contributed by atoms with Crippen molar-refractivity contribution in [2.75, 3.05) is 0 Å². The van der Waals surface area contributed by atoms with E-state index in [2.05, 4.69) is 430 Å². The number of thiophene rings is 4. The first-order chi connectivity index (χ1) is 66.5. The van der Waals surface area contributed by atoms with Gasteiger partial charge in [0.2, 0.25) is 10.6 Å². The SMILES string of the molecule is Cc1ccccc1-n1cc[n+](C)c1-c1c(C)ccc2c1oc1c2nc(C)n1C.Cc1ccccc1-n1cc[n+](C)c1-c1c(C)ccc2c1sc1c2nc(C)n1C.Cc1nc2c(o1)sc1c(-c3n(-c4ccccc4C)cc[n+]3C)c(C)ccc12.Cc1nc2c(s1)sc1c(-c3n(-c4ccccc4C)cc[n+]3C)c(C)ccc12.Cc1nc2sc3c(-c4n(-c5c(C)cccc5C)cc[n+]4C)c(C)ccc3c2o1. The van der Waals surface area contributed by atoms with E-state index in [9.17, 15) is 0 Å². The molecule has 0 atom stereocenters. The van der Waals surface area contributed by atoms with Gasteiger partial charge in [-0.3, -0.25) is 0 Å². The molecule has 25 heteroatoms. The molecule has 0 saturated carbocycles. The number of hydrogen-bond donors (Lipinski definition) is 0. The number of furan rings is 1. The van der Waals surface area contributed by atoms with Gasteiger partial charge in [-0.1, -0.05) is 151 Å². The third kappa shape index (κ3) is 15.1. The van der Waals surface area contributed by atoms with Crippen molar-refractivity contribution in [2.45, 2.75) is 111 Å². The summed E-state index contributed by atoms with van der Waals surface area (Å²) < 4.78 is 51.1. The van der Waals surface area contributed by atoms with Gasteiger partial charge in [-0.05, 0) is 195 Å². The fourth-order valence-electron chi connectivity index (χ4n) is 19.8. The molecule has 0 bridgehead atoms. The molecule has 0 aliphatic heterocycles. The Balaban J connectivity index is 0.000000103. The van der Waals surface area contributed by atoms with E-state index in [1.165, 1.54) is 168 Å². The van der Waals surface area contributed by atoms with Crippen molar-refractivity contribution in [3.8, 4) is 85.4 Å². The molecule has 20 nitrogen and oxygen atoms in total. The Bertz CT molecular complexity index is 8750. The number of benzene rings is 10. The van der Waals surface area contributed by atoms with Crippen molar-refractivity contribution in [3.05, 3.63) is 328 Å². The standard InChI is InChI=1S/C23H23N4O.C23H23N4S.C23H22N3OS.C22H20N3OS.C22H20N3S2/c2*1-14-8-6-7-9-18(14)27-13-12-25(4)22(27)19-15(2)10-11-17-20-23(28-21(17)19)26(5)16(3)24-20;1-13-9-10-17-20-22(24-16(4)27-20)28-21(17)18(13)23-25(5)11-12-26(23)19-14(2)7-6-8-15(19)3;2*1-13-7-5-6-8-17(13)25-12-11-24(4)21(25)18-14(2)9-10-16-19-22(27-20(16)18)26-15(3)23-19/h2*6-13H,1-5H3;6-12H,1-5H3;2*5-12H,1-4H3/q5*+1. The van der Waals surface area contributed by atoms with E-state index in [-0.39, 0.29) is 0 Å². The molecule has 0 saturated heterocycles. The molecule has 15 heterocycles. The molecular formula is C113H108N17O3S5+5. The van der Waals surface area contributed by atoms with Crippen LogP contribution in [0.25, 0.3) is 189 Å². The maximum atomic E-state index is 6.39. The summed E-state index contributed by atoms with van der Waals surface area (Å²) >= 11 is 8.89. The summed E-state index contributed by atoms with van der Waals surface area (Å²) in [4.78, 5) is 26.6. The maximum Gasteiger partial charge on any atom is 0.297 e. The lowest BCUT2D eigenvalue weighted by atomic mass is 10.0. The van der Waals surface area contributed by atoms with Crippen LogP contribution in [0.1, 0.15) is 89.6 Å². The zero-order chi connectivity index (χ0) is 96.1. The molecule has 0 unspecified atom stereocenters. The van der Waals surface area contributed by atoms with Gasteiger partial charge in [-0.25, -0.2) is 47.8 Å². The van der Waals surface area contributed by atoms with E-state index < -0.39 is 0 Å². The number of fused-ring (bicyclic) bond motifs is 15. The summed E-state index contributed by atoms with van der Waals surface area (Å²) in [5.41, 5.74) is 32.7. The first kappa shape index (κ1) is 89.9. The highest BCUT2D eigenvalue weighted by molar-refractivity contribution is 7.41. The van der Waals surface area contributed by atoms with Gasteiger partial charge in [-0.2, -0.15) is 22.8 Å². The van der Waals surface area contributed by atoms with Crippen LogP contribution in [0, 0.1) is 111 Å². The maximum absolute atomic E-state index is 6.39. The fourth-order valence-corrected chi connectivity index (χ4v) is 26.1. The zero-order valence-corrected chi connectivity index (χ0v) is 86.0. The van der Waals surface area contributed by atoms with E-state index in [1.54, 1.807) is 34.0 Å². The first-order valence-electron chi connectivity index (χ1n) is 46.2. The van der Waals surface area contributed by atoms with Gasteiger partial charge in [0.25, 0.3) is 29.1 Å². The van der Waals surface area contributed by atoms with Crippen LogP contribution in [0.5, 0.6) is 0 Å². The van der Waals surface area contributed by atoms with Crippen molar-refractivity contribution in [1.29, 1.82) is 0 Å². The van der Waals surface area contributed by atoms with Gasteiger partial charge < -0.3 is 22.4 Å². The number of para-hydroxylation sites is 5. The molecular weight excluding hydrogens is 1800 g/mol. The second kappa shape index (κ2) is 35.2. The molecule has 10 aromatic carbocycles. The van der Waals surface area contributed by atoms with Gasteiger partial charge in [0, 0.05) is 54.9 Å². The first-order valence-corrected chi connectivity index (χ1v) is 50.3. The van der Waals surface area contributed by atoms with Crippen molar-refractivity contribution >= 4 is 160 Å². The lowest BCUT2D eigenvalue weighted by molar-refractivity contribution is -0.659. The predicted molar refractivity (Wildman–Crippen MR) is 566 cm³/mol. The number of aryl methyl sites for hydroxylation is 23. The Morgan fingerprint density at radius 1 is 0.275 bits per heavy atom. The zero-order valence-electron chi connectivity index (χ0n) is 81.9. The third-order valence-corrected chi connectivity index (χ3v) is 32.8. The van der Waals surface area contributed by atoms with E-state index >= 15 is 0 Å². The molecule has 25 aromatic rings. The van der Waals surface area contributed by atoms with Crippen LogP contribution in [0.2, 0.25) is 0 Å². The molecule has 0 fully saturated rings. The monoisotopic (exact) mass is 1910 g/mol. The summed E-state index contributed by atoms with van der Waals surface area (Å²) in [5.74, 6) is 9.26. The minimum atomic E-state index is 0.717. The quantitative estimate of drug-likeness (QED) is 0.122. The van der Waals surface area contributed by atoms with E-state index in [1.807, 2.05) is 55.1 Å². The number of imidazole rings is 7. The molecule has 0 radical (unpaired) electrons. The minimum Gasteiger partial charge on any atom is -0.439 e. The summed E-state index contributed by atoms with van der Waals surface area (Å²) in [6, 6.07) is 62.3. The van der Waals surface area contributed by atoms with Crippen LogP contribution < -0.4 is 22.8 Å². The molecule has 0 spiro atoms. The topological polar surface area (TPSA) is 158 Å². The second-order valence-corrected chi connectivity index (χ2v) is 41.9. The van der Waals surface area contributed by atoms with Crippen LogP contribution in [-0.2, 0) is 49.3 Å². The van der Waals surface area contributed by atoms with Crippen LogP contribution in [0.4, 0.5) is 0 Å². The molecule has 0 aliphatic carbocycles. The van der Waals surface area contributed by atoms with Gasteiger partial charge >= 0.3 is 0 Å². The Hall–Kier alpha value is -14.6. The summed E-state index contributed by atoms with van der Waals surface area (Å²) in [7, 11) is 14.6. The number of nitrogens with zero attached hydrogens (tertiary/aromatic N) is 17. The van der Waals surface area contributed by atoms with Crippen molar-refractivity contribution in [2.24, 2.45) is 49.3 Å². The second-order valence-electron chi connectivity index (χ2n) is 36.4.